The Morgan fingerprint density at radius 1 is 1.17 bits per heavy atom. The molecule has 1 atom stereocenters. The number of benzene rings is 2. The third kappa shape index (κ3) is 5.02. The Balaban J connectivity index is 1.72. The van der Waals surface area contributed by atoms with Crippen molar-refractivity contribution in [3.63, 3.8) is 0 Å². The number of methoxy groups -OCH3 is 1. The fourth-order valence-corrected chi connectivity index (χ4v) is 3.72. The normalized spacial score (nSPS) is 12.5. The van der Waals surface area contributed by atoms with Crippen LogP contribution < -0.4 is 15.8 Å². The first kappa shape index (κ1) is 25.1. The van der Waals surface area contributed by atoms with Gasteiger partial charge in [-0.3, -0.25) is 4.79 Å². The van der Waals surface area contributed by atoms with E-state index >= 15 is 0 Å². The first-order chi connectivity index (χ1) is 17.1. The van der Waals surface area contributed by atoms with E-state index in [0.717, 1.165) is 11.6 Å². The zero-order valence-electron chi connectivity index (χ0n) is 19.4. The molecule has 2 heterocycles. The van der Waals surface area contributed by atoms with Crippen LogP contribution in [0.1, 0.15) is 46.0 Å². The molecule has 4 rings (SSSR count). The molecule has 36 heavy (non-hydrogen) atoms. The van der Waals surface area contributed by atoms with Gasteiger partial charge in [0, 0.05) is 17.5 Å². The van der Waals surface area contributed by atoms with Crippen LogP contribution in [0, 0.1) is 0 Å². The molecule has 0 spiro atoms. The highest BCUT2D eigenvalue weighted by Gasteiger charge is 2.33. The summed E-state index contributed by atoms with van der Waals surface area (Å²) in [4.78, 5) is 21.0. The molecule has 188 valence electrons. The van der Waals surface area contributed by atoms with Gasteiger partial charge in [-0.15, -0.1) is 0 Å². The molecule has 0 aliphatic heterocycles. The Hall–Kier alpha value is -3.96. The van der Waals surface area contributed by atoms with Gasteiger partial charge in [-0.1, -0.05) is 24.3 Å². The molecule has 0 saturated heterocycles. The summed E-state index contributed by atoms with van der Waals surface area (Å²) in [7, 11) is 1.33. The summed E-state index contributed by atoms with van der Waals surface area (Å²) in [6.45, 7) is 1.66. The van der Waals surface area contributed by atoms with Gasteiger partial charge in [0.15, 0.2) is 11.5 Å². The molecule has 0 aliphatic carbocycles. The van der Waals surface area contributed by atoms with Gasteiger partial charge in [0.2, 0.25) is 5.89 Å². The number of carbonyl (C=O) groups excluding carboxylic acids is 1. The highest BCUT2D eigenvalue weighted by Crippen LogP contribution is 2.37. The maximum atomic E-state index is 13.2. The van der Waals surface area contributed by atoms with E-state index in [1.165, 1.54) is 19.2 Å². The number of hydrogen-bond acceptors (Lipinski definition) is 7. The predicted octanol–water partition coefficient (Wildman–Crippen LogP) is 4.36. The van der Waals surface area contributed by atoms with Crippen LogP contribution >= 0.6 is 0 Å². The SMILES string of the molecule is COc1ccc(-c2nc(C(=O)NCc3cccc(CO)c3)c([C@H](C)N)o2)c2ccc(C(F)(F)F)nc12. The van der Waals surface area contributed by atoms with E-state index in [4.69, 9.17) is 14.9 Å². The maximum absolute atomic E-state index is 13.2. The van der Waals surface area contributed by atoms with Crippen molar-refractivity contribution >= 4 is 16.8 Å². The van der Waals surface area contributed by atoms with Gasteiger partial charge < -0.3 is 25.3 Å². The van der Waals surface area contributed by atoms with Crippen molar-refractivity contribution in [1.82, 2.24) is 15.3 Å². The van der Waals surface area contributed by atoms with Crippen LogP contribution in [0.25, 0.3) is 22.4 Å². The number of hydrogen-bond donors (Lipinski definition) is 3. The number of halogens is 3. The Labute approximate surface area is 203 Å². The van der Waals surface area contributed by atoms with E-state index in [-0.39, 0.29) is 41.8 Å². The number of fused-ring (bicyclic) bond motifs is 1. The minimum atomic E-state index is -4.64. The van der Waals surface area contributed by atoms with Crippen molar-refractivity contribution < 1.29 is 32.2 Å². The van der Waals surface area contributed by atoms with E-state index in [1.807, 2.05) is 0 Å². The van der Waals surface area contributed by atoms with Crippen LogP contribution in [0.15, 0.2) is 52.9 Å². The van der Waals surface area contributed by atoms with Crippen LogP contribution in [-0.2, 0) is 19.3 Å². The van der Waals surface area contributed by atoms with Crippen LogP contribution in [0.5, 0.6) is 5.75 Å². The number of amides is 1. The zero-order chi connectivity index (χ0) is 26.0. The standard InChI is InChI=1S/C25H23F3N4O4/c1-13(29)22-21(23(34)30-11-14-4-3-5-15(10-14)12-33)32-24(36-22)17-6-8-18(35-2)20-16(17)7-9-19(31-20)25(26,27)28/h3-10,13,33H,11-12,29H2,1-2H3,(H,30,34)/t13-/m0/s1. The maximum Gasteiger partial charge on any atom is 0.433 e. The van der Waals surface area contributed by atoms with E-state index in [1.54, 1.807) is 37.3 Å². The number of rotatable bonds is 7. The number of ether oxygens (including phenoxy) is 1. The molecule has 0 saturated carbocycles. The number of nitrogens with zero attached hydrogens (tertiary/aromatic N) is 2. The van der Waals surface area contributed by atoms with Gasteiger partial charge in [-0.25, -0.2) is 9.97 Å². The number of oxazole rings is 1. The van der Waals surface area contributed by atoms with Gasteiger partial charge in [-0.2, -0.15) is 13.2 Å². The summed E-state index contributed by atoms with van der Waals surface area (Å²) in [5, 5.41) is 12.3. The van der Waals surface area contributed by atoms with Gasteiger partial charge in [0.1, 0.15) is 17.0 Å². The largest absolute Gasteiger partial charge is 0.494 e. The number of aliphatic hydroxyl groups excluding tert-OH is 1. The van der Waals surface area contributed by atoms with E-state index in [9.17, 15) is 23.1 Å². The molecule has 4 aromatic rings. The van der Waals surface area contributed by atoms with Crippen LogP contribution in [0.4, 0.5) is 13.2 Å². The predicted molar refractivity (Wildman–Crippen MR) is 125 cm³/mol. The summed E-state index contributed by atoms with van der Waals surface area (Å²) >= 11 is 0. The lowest BCUT2D eigenvalue weighted by Gasteiger charge is -2.11. The van der Waals surface area contributed by atoms with E-state index in [2.05, 4.69) is 15.3 Å². The molecule has 0 radical (unpaired) electrons. The number of pyridine rings is 1. The van der Waals surface area contributed by atoms with Crippen molar-refractivity contribution in [1.29, 1.82) is 0 Å². The number of aliphatic hydroxyl groups is 1. The molecule has 0 fully saturated rings. The fourth-order valence-electron chi connectivity index (χ4n) is 3.72. The first-order valence-corrected chi connectivity index (χ1v) is 10.9. The molecule has 0 bridgehead atoms. The quantitative estimate of drug-likeness (QED) is 0.345. The van der Waals surface area contributed by atoms with Crippen LogP contribution in [0.2, 0.25) is 0 Å². The highest BCUT2D eigenvalue weighted by atomic mass is 19.4. The summed E-state index contributed by atoms with van der Waals surface area (Å²) in [6.07, 6.45) is -4.64. The monoisotopic (exact) mass is 500 g/mol. The Morgan fingerprint density at radius 2 is 1.92 bits per heavy atom. The fraction of sp³-hybridized carbons (Fsp3) is 0.240. The minimum Gasteiger partial charge on any atom is -0.494 e. The van der Waals surface area contributed by atoms with Gasteiger partial charge in [0.25, 0.3) is 5.91 Å². The molecule has 11 heteroatoms. The highest BCUT2D eigenvalue weighted by molar-refractivity contribution is 5.98. The number of nitrogens with two attached hydrogens (primary N) is 1. The molecular weight excluding hydrogens is 477 g/mol. The number of aromatic nitrogens is 2. The lowest BCUT2D eigenvalue weighted by molar-refractivity contribution is -0.140. The molecule has 4 N–H and O–H groups in total. The summed E-state index contributed by atoms with van der Waals surface area (Å²) in [5.41, 5.74) is 6.68. The topological polar surface area (TPSA) is 124 Å². The van der Waals surface area contributed by atoms with Crippen molar-refractivity contribution in [3.05, 3.63) is 76.8 Å². The van der Waals surface area contributed by atoms with Crippen molar-refractivity contribution in [2.75, 3.05) is 7.11 Å². The van der Waals surface area contributed by atoms with Crippen LogP contribution in [-0.4, -0.2) is 28.1 Å². The van der Waals surface area contributed by atoms with E-state index in [0.29, 0.717) is 16.5 Å². The van der Waals surface area contributed by atoms with Crippen LogP contribution in [0.3, 0.4) is 0 Å². The van der Waals surface area contributed by atoms with Crippen molar-refractivity contribution in [3.8, 4) is 17.2 Å². The third-order valence-corrected chi connectivity index (χ3v) is 5.47. The molecule has 0 unspecified atom stereocenters. The molecule has 0 aliphatic rings. The second kappa shape index (κ2) is 9.96. The molecule has 2 aromatic carbocycles. The molecule has 2 aromatic heterocycles. The second-order valence-corrected chi connectivity index (χ2v) is 8.09. The first-order valence-electron chi connectivity index (χ1n) is 10.9. The summed E-state index contributed by atoms with van der Waals surface area (Å²) in [6, 6.07) is 11.5. The number of alkyl halides is 3. The summed E-state index contributed by atoms with van der Waals surface area (Å²) in [5.74, 6) is -0.275. The lowest BCUT2D eigenvalue weighted by atomic mass is 10.1. The van der Waals surface area contributed by atoms with Crippen molar-refractivity contribution in [2.45, 2.75) is 32.3 Å². The van der Waals surface area contributed by atoms with Crippen molar-refractivity contribution in [2.24, 2.45) is 5.73 Å². The van der Waals surface area contributed by atoms with Gasteiger partial charge in [0.05, 0.1) is 19.8 Å². The smallest absolute Gasteiger partial charge is 0.433 e. The number of carbonyl (C=O) groups is 1. The molecule has 1 amide bonds. The molecular formula is C25H23F3N4O4. The zero-order valence-corrected chi connectivity index (χ0v) is 19.4. The Bertz CT molecular complexity index is 1420. The number of nitrogens with one attached hydrogen (secondary N) is 1. The molecule has 8 nitrogen and oxygen atoms in total. The minimum absolute atomic E-state index is 0.00365. The summed E-state index contributed by atoms with van der Waals surface area (Å²) < 4.78 is 50.8. The Morgan fingerprint density at radius 3 is 2.58 bits per heavy atom. The average Bonchev–Trinajstić information content (AvgIpc) is 3.31. The lowest BCUT2D eigenvalue weighted by Crippen LogP contribution is -2.25. The third-order valence-electron chi connectivity index (χ3n) is 5.47. The Kier molecular flexibility index (Phi) is 6.95. The second-order valence-electron chi connectivity index (χ2n) is 8.09. The van der Waals surface area contributed by atoms with Gasteiger partial charge in [-0.05, 0) is 42.3 Å². The van der Waals surface area contributed by atoms with Gasteiger partial charge >= 0.3 is 6.18 Å². The average molecular weight is 500 g/mol. The van der Waals surface area contributed by atoms with E-state index < -0.39 is 23.8 Å².